The van der Waals surface area contributed by atoms with Crippen molar-refractivity contribution in [3.63, 3.8) is 0 Å². The van der Waals surface area contributed by atoms with Gasteiger partial charge in [-0.1, -0.05) is 36.4 Å². The number of piperazine rings is 1. The molecule has 1 saturated heterocycles. The number of nitrogens with zero attached hydrogens (tertiary/aromatic N) is 2. The van der Waals surface area contributed by atoms with Gasteiger partial charge in [-0.2, -0.15) is 0 Å². The van der Waals surface area contributed by atoms with E-state index in [1.807, 2.05) is 23.1 Å². The van der Waals surface area contributed by atoms with E-state index in [9.17, 15) is 9.59 Å². The second kappa shape index (κ2) is 8.15. The number of rotatable bonds is 5. The molecule has 0 spiro atoms. The number of hydrogen-bond donors (Lipinski definition) is 0. The fraction of sp³-hybridized carbons (Fsp3) is 0.391. The van der Waals surface area contributed by atoms with E-state index < -0.39 is 0 Å². The molecule has 0 N–H and O–H groups in total. The van der Waals surface area contributed by atoms with Crippen molar-refractivity contribution in [3.05, 3.63) is 59.7 Å². The molecule has 6 nitrogen and oxygen atoms in total. The molecule has 152 valence electrons. The highest BCUT2D eigenvalue weighted by Crippen LogP contribution is 2.48. The summed E-state index contributed by atoms with van der Waals surface area (Å²) in [6.45, 7) is 2.17. The van der Waals surface area contributed by atoms with Crippen molar-refractivity contribution in [2.24, 2.45) is 5.92 Å². The number of carbonyl (C=O) groups is 2. The van der Waals surface area contributed by atoms with Gasteiger partial charge < -0.3 is 19.3 Å². The first-order valence-corrected chi connectivity index (χ1v) is 9.98. The van der Waals surface area contributed by atoms with Gasteiger partial charge in [0.15, 0.2) is 11.5 Å². The molecule has 2 fully saturated rings. The summed E-state index contributed by atoms with van der Waals surface area (Å²) in [4.78, 5) is 29.5. The van der Waals surface area contributed by atoms with Crippen LogP contribution in [0.1, 0.15) is 28.3 Å². The minimum absolute atomic E-state index is 0.0816. The molecular formula is C23H26N2O4. The monoisotopic (exact) mass is 394 g/mol. The Hall–Kier alpha value is -3.02. The van der Waals surface area contributed by atoms with Crippen molar-refractivity contribution in [3.8, 4) is 11.5 Å². The molecule has 6 heteroatoms. The summed E-state index contributed by atoms with van der Waals surface area (Å²) in [5.41, 5.74) is 1.72. The third-order valence-corrected chi connectivity index (χ3v) is 5.85. The molecule has 2 aromatic rings. The molecule has 2 aliphatic rings. The summed E-state index contributed by atoms with van der Waals surface area (Å²) in [5.74, 6) is 1.52. The van der Waals surface area contributed by atoms with Gasteiger partial charge in [0, 0.05) is 32.1 Å². The van der Waals surface area contributed by atoms with Gasteiger partial charge in [-0.25, -0.2) is 0 Å². The summed E-state index contributed by atoms with van der Waals surface area (Å²) in [7, 11) is 3.08. The summed E-state index contributed by atoms with van der Waals surface area (Å²) >= 11 is 0. The van der Waals surface area contributed by atoms with Gasteiger partial charge in [0.1, 0.15) is 0 Å². The van der Waals surface area contributed by atoms with Gasteiger partial charge in [-0.15, -0.1) is 0 Å². The summed E-state index contributed by atoms with van der Waals surface area (Å²) < 4.78 is 10.7. The number of amides is 2. The standard InChI is InChI=1S/C23H26N2O4/c1-28-20-10-6-9-17(21(20)29-2)22(26)24-11-13-25(14-12-24)23(27)19-15-18(19)16-7-4-3-5-8-16/h3-10,18-19H,11-15H2,1-2H3. The van der Waals surface area contributed by atoms with Crippen LogP contribution in [0.3, 0.4) is 0 Å². The van der Waals surface area contributed by atoms with Crippen LogP contribution in [0.4, 0.5) is 0 Å². The van der Waals surface area contributed by atoms with Gasteiger partial charge in [-0.3, -0.25) is 9.59 Å². The highest BCUT2D eigenvalue weighted by atomic mass is 16.5. The quantitative estimate of drug-likeness (QED) is 0.783. The molecule has 0 radical (unpaired) electrons. The molecule has 0 bridgehead atoms. The third kappa shape index (κ3) is 3.79. The average molecular weight is 394 g/mol. The molecule has 29 heavy (non-hydrogen) atoms. The van der Waals surface area contributed by atoms with Crippen molar-refractivity contribution < 1.29 is 19.1 Å². The molecule has 2 aromatic carbocycles. The third-order valence-electron chi connectivity index (χ3n) is 5.85. The van der Waals surface area contributed by atoms with E-state index in [0.717, 1.165) is 6.42 Å². The maximum Gasteiger partial charge on any atom is 0.257 e. The lowest BCUT2D eigenvalue weighted by atomic mass is 10.1. The van der Waals surface area contributed by atoms with Crippen LogP contribution >= 0.6 is 0 Å². The van der Waals surface area contributed by atoms with Crippen LogP contribution in [-0.4, -0.2) is 62.0 Å². The Labute approximate surface area is 171 Å². The van der Waals surface area contributed by atoms with Crippen LogP contribution < -0.4 is 9.47 Å². The molecule has 1 saturated carbocycles. The predicted molar refractivity (Wildman–Crippen MR) is 109 cm³/mol. The van der Waals surface area contributed by atoms with Gasteiger partial charge in [-0.05, 0) is 30.0 Å². The first-order chi connectivity index (χ1) is 14.1. The fourth-order valence-electron chi connectivity index (χ4n) is 4.13. The van der Waals surface area contributed by atoms with E-state index >= 15 is 0 Å². The van der Waals surface area contributed by atoms with Gasteiger partial charge >= 0.3 is 0 Å². The predicted octanol–water partition coefficient (Wildman–Crippen LogP) is 2.79. The van der Waals surface area contributed by atoms with Crippen LogP contribution in [-0.2, 0) is 4.79 Å². The molecule has 2 amide bonds. The Morgan fingerprint density at radius 1 is 0.862 bits per heavy atom. The Balaban J connectivity index is 1.36. The zero-order valence-corrected chi connectivity index (χ0v) is 16.8. The second-order valence-electron chi connectivity index (χ2n) is 7.52. The Morgan fingerprint density at radius 3 is 2.21 bits per heavy atom. The zero-order chi connectivity index (χ0) is 20.4. The SMILES string of the molecule is COc1cccc(C(=O)N2CCN(C(=O)C3CC3c3ccccc3)CC2)c1OC. The van der Waals surface area contributed by atoms with Gasteiger partial charge in [0.05, 0.1) is 19.8 Å². The smallest absolute Gasteiger partial charge is 0.257 e. The molecule has 1 heterocycles. The lowest BCUT2D eigenvalue weighted by molar-refractivity contribution is -0.134. The number of ether oxygens (including phenoxy) is 2. The van der Waals surface area contributed by atoms with Crippen molar-refractivity contribution >= 4 is 11.8 Å². The molecular weight excluding hydrogens is 368 g/mol. The lowest BCUT2D eigenvalue weighted by Crippen LogP contribution is -2.51. The van der Waals surface area contributed by atoms with Gasteiger partial charge in [0.2, 0.25) is 5.91 Å². The van der Waals surface area contributed by atoms with Crippen LogP contribution in [0.15, 0.2) is 48.5 Å². The fourth-order valence-corrected chi connectivity index (χ4v) is 4.13. The Bertz CT molecular complexity index is 891. The molecule has 1 aliphatic carbocycles. The number of carbonyl (C=O) groups excluding carboxylic acids is 2. The number of benzene rings is 2. The average Bonchev–Trinajstić information content (AvgIpc) is 3.59. The van der Waals surface area contributed by atoms with Crippen molar-refractivity contribution in [1.82, 2.24) is 9.80 Å². The maximum absolute atomic E-state index is 13.0. The Morgan fingerprint density at radius 2 is 1.55 bits per heavy atom. The van der Waals surface area contributed by atoms with Crippen LogP contribution in [0.5, 0.6) is 11.5 Å². The molecule has 0 aromatic heterocycles. The second-order valence-corrected chi connectivity index (χ2v) is 7.52. The minimum atomic E-state index is -0.0959. The lowest BCUT2D eigenvalue weighted by Gasteiger charge is -2.35. The van der Waals surface area contributed by atoms with Crippen LogP contribution in [0.2, 0.25) is 0 Å². The molecule has 4 rings (SSSR count). The summed E-state index contributed by atoms with van der Waals surface area (Å²) in [5, 5.41) is 0. The summed E-state index contributed by atoms with van der Waals surface area (Å²) in [6, 6.07) is 15.5. The summed E-state index contributed by atoms with van der Waals surface area (Å²) in [6.07, 6.45) is 0.920. The minimum Gasteiger partial charge on any atom is -0.493 e. The number of methoxy groups -OCH3 is 2. The van der Waals surface area contributed by atoms with E-state index in [2.05, 4.69) is 12.1 Å². The van der Waals surface area contributed by atoms with Gasteiger partial charge in [0.25, 0.3) is 5.91 Å². The molecule has 2 atom stereocenters. The van der Waals surface area contributed by atoms with E-state index in [0.29, 0.717) is 49.2 Å². The van der Waals surface area contributed by atoms with E-state index in [1.54, 1.807) is 30.2 Å². The van der Waals surface area contributed by atoms with E-state index in [1.165, 1.54) is 12.7 Å². The topological polar surface area (TPSA) is 59.1 Å². The van der Waals surface area contributed by atoms with Crippen molar-refractivity contribution in [1.29, 1.82) is 0 Å². The van der Waals surface area contributed by atoms with Crippen LogP contribution in [0, 0.1) is 5.92 Å². The van der Waals surface area contributed by atoms with Crippen LogP contribution in [0.25, 0.3) is 0 Å². The first kappa shape index (κ1) is 19.3. The Kier molecular flexibility index (Phi) is 5.43. The van der Waals surface area contributed by atoms with E-state index in [4.69, 9.17) is 9.47 Å². The number of hydrogen-bond acceptors (Lipinski definition) is 4. The normalized spacial score (nSPS) is 20.9. The highest BCUT2D eigenvalue weighted by molar-refractivity contribution is 5.98. The largest absolute Gasteiger partial charge is 0.493 e. The maximum atomic E-state index is 13.0. The van der Waals surface area contributed by atoms with Crippen molar-refractivity contribution in [2.75, 3.05) is 40.4 Å². The van der Waals surface area contributed by atoms with E-state index in [-0.39, 0.29) is 17.7 Å². The highest BCUT2D eigenvalue weighted by Gasteiger charge is 2.46. The molecule has 1 aliphatic heterocycles. The molecule has 2 unspecified atom stereocenters. The first-order valence-electron chi connectivity index (χ1n) is 9.98. The zero-order valence-electron chi connectivity index (χ0n) is 16.8. The van der Waals surface area contributed by atoms with Crippen molar-refractivity contribution in [2.45, 2.75) is 12.3 Å². The number of para-hydroxylation sites is 1.